The minimum absolute atomic E-state index is 0.146. The lowest BCUT2D eigenvalue weighted by Crippen LogP contribution is -2.41. The number of anilines is 1. The number of esters is 1. The van der Waals surface area contributed by atoms with Crippen molar-refractivity contribution < 1.29 is 19.1 Å². The quantitative estimate of drug-likeness (QED) is 0.688. The van der Waals surface area contributed by atoms with Gasteiger partial charge in [0.05, 0.1) is 18.7 Å². The van der Waals surface area contributed by atoms with E-state index in [0.29, 0.717) is 18.7 Å². The number of hydrogen-bond acceptors (Lipinski definition) is 6. The lowest BCUT2D eigenvalue weighted by molar-refractivity contribution is 0.0600. The number of carbonyl (C=O) groups is 2. The van der Waals surface area contributed by atoms with Crippen molar-refractivity contribution in [3.05, 3.63) is 65.2 Å². The zero-order chi connectivity index (χ0) is 21.8. The number of carbonyl (C=O) groups excluding carboxylic acids is 2. The Morgan fingerprint density at radius 2 is 2.00 bits per heavy atom. The molecule has 0 bridgehead atoms. The van der Waals surface area contributed by atoms with E-state index < -0.39 is 0 Å². The molecule has 0 aliphatic carbocycles. The van der Waals surface area contributed by atoms with E-state index in [1.54, 1.807) is 6.07 Å². The number of likely N-dealkylation sites (tertiary alicyclic amines) is 1. The van der Waals surface area contributed by atoms with E-state index in [1.165, 1.54) is 7.11 Å². The summed E-state index contributed by atoms with van der Waals surface area (Å²) in [5.74, 6) is -0.156. The van der Waals surface area contributed by atoms with E-state index in [0.717, 1.165) is 36.1 Å². The van der Waals surface area contributed by atoms with Gasteiger partial charge in [-0.1, -0.05) is 30.3 Å². The second-order valence-corrected chi connectivity index (χ2v) is 8.11. The van der Waals surface area contributed by atoms with Gasteiger partial charge in [0.2, 0.25) is 0 Å². The fourth-order valence-corrected chi connectivity index (χ4v) is 4.76. The van der Waals surface area contributed by atoms with Gasteiger partial charge in [-0.15, -0.1) is 0 Å². The molecule has 1 saturated heterocycles. The first kappa shape index (κ1) is 21.2. The van der Waals surface area contributed by atoms with Crippen LogP contribution in [0.3, 0.4) is 0 Å². The van der Waals surface area contributed by atoms with E-state index in [9.17, 15) is 9.59 Å². The van der Waals surface area contributed by atoms with Crippen LogP contribution in [0.5, 0.6) is 0 Å². The number of nitrogens with one attached hydrogen (secondary N) is 1. The lowest BCUT2D eigenvalue weighted by atomic mass is 9.80. The van der Waals surface area contributed by atoms with Crippen molar-refractivity contribution >= 4 is 17.7 Å². The molecule has 3 atom stereocenters. The van der Waals surface area contributed by atoms with Gasteiger partial charge in [-0.2, -0.15) is 0 Å². The first-order chi connectivity index (χ1) is 15.1. The smallest absolute Gasteiger partial charge is 0.410 e. The predicted molar refractivity (Wildman–Crippen MR) is 118 cm³/mol. The van der Waals surface area contributed by atoms with E-state index in [1.807, 2.05) is 47.4 Å². The van der Waals surface area contributed by atoms with Crippen LogP contribution < -0.4 is 11.1 Å². The molecule has 0 aromatic heterocycles. The van der Waals surface area contributed by atoms with Crippen LogP contribution in [0, 0.1) is 5.92 Å². The molecule has 1 amide bonds. The minimum Gasteiger partial charge on any atom is -0.465 e. The molecular formula is C24H29N3O4. The summed E-state index contributed by atoms with van der Waals surface area (Å²) in [6.45, 7) is 1.48. The number of amides is 1. The Morgan fingerprint density at radius 1 is 1.19 bits per heavy atom. The summed E-state index contributed by atoms with van der Waals surface area (Å²) in [6.07, 6.45) is 2.39. The summed E-state index contributed by atoms with van der Waals surface area (Å²) < 4.78 is 10.5. The Morgan fingerprint density at radius 3 is 2.74 bits per heavy atom. The molecule has 0 unspecified atom stereocenters. The fourth-order valence-electron chi connectivity index (χ4n) is 4.76. The van der Waals surface area contributed by atoms with Gasteiger partial charge in [-0.05, 0) is 55.1 Å². The van der Waals surface area contributed by atoms with Gasteiger partial charge in [0.1, 0.15) is 6.61 Å². The molecule has 2 heterocycles. The predicted octanol–water partition coefficient (Wildman–Crippen LogP) is 3.71. The molecule has 31 heavy (non-hydrogen) atoms. The zero-order valence-corrected chi connectivity index (χ0v) is 17.8. The van der Waals surface area contributed by atoms with Crippen molar-refractivity contribution in [3.63, 3.8) is 0 Å². The number of methoxy groups -OCH3 is 1. The van der Waals surface area contributed by atoms with Crippen LogP contribution in [0.15, 0.2) is 48.5 Å². The summed E-state index contributed by atoms with van der Waals surface area (Å²) in [4.78, 5) is 27.0. The van der Waals surface area contributed by atoms with E-state index in [-0.39, 0.29) is 36.7 Å². The normalized spacial score (nSPS) is 21.6. The van der Waals surface area contributed by atoms with Crippen LogP contribution in [0.1, 0.15) is 46.8 Å². The van der Waals surface area contributed by atoms with Crippen molar-refractivity contribution in [2.75, 3.05) is 25.5 Å². The van der Waals surface area contributed by atoms with Gasteiger partial charge in [-0.25, -0.2) is 9.59 Å². The topological polar surface area (TPSA) is 93.9 Å². The Bertz CT molecular complexity index is 934. The molecule has 2 aromatic rings. The molecule has 4 rings (SSSR count). The largest absolute Gasteiger partial charge is 0.465 e. The summed E-state index contributed by atoms with van der Waals surface area (Å²) in [7, 11) is 1.37. The highest BCUT2D eigenvalue weighted by atomic mass is 16.6. The fraction of sp³-hybridized carbons (Fsp3) is 0.417. The maximum atomic E-state index is 13.1. The molecule has 0 radical (unpaired) electrons. The molecule has 2 aliphatic rings. The monoisotopic (exact) mass is 423 g/mol. The summed E-state index contributed by atoms with van der Waals surface area (Å²) in [6, 6.07) is 15.2. The van der Waals surface area contributed by atoms with Crippen LogP contribution in [-0.2, 0) is 16.1 Å². The van der Waals surface area contributed by atoms with Crippen LogP contribution in [0.25, 0.3) is 0 Å². The third-order valence-electron chi connectivity index (χ3n) is 6.25. The number of ether oxygens (including phenoxy) is 2. The number of benzene rings is 2. The van der Waals surface area contributed by atoms with Gasteiger partial charge in [0.25, 0.3) is 0 Å². The van der Waals surface area contributed by atoms with E-state index in [2.05, 4.69) is 5.32 Å². The number of fused-ring (bicyclic) bond motifs is 3. The SMILES string of the molecule is COC(=O)c1ccc2c(c1)[C@@H]1[C@@H](CCN1C(=O)OCc1ccccc1)[C@H](CCCN)N2. The first-order valence-corrected chi connectivity index (χ1v) is 10.8. The zero-order valence-electron chi connectivity index (χ0n) is 17.8. The second kappa shape index (κ2) is 9.39. The number of hydrogen-bond donors (Lipinski definition) is 2. The molecule has 7 nitrogen and oxygen atoms in total. The Balaban J connectivity index is 1.60. The molecule has 0 saturated carbocycles. The van der Waals surface area contributed by atoms with Gasteiger partial charge in [0, 0.05) is 24.2 Å². The van der Waals surface area contributed by atoms with Crippen LogP contribution >= 0.6 is 0 Å². The summed E-state index contributed by atoms with van der Waals surface area (Å²) in [5, 5.41) is 3.62. The maximum Gasteiger partial charge on any atom is 0.410 e. The highest BCUT2D eigenvalue weighted by Crippen LogP contribution is 2.47. The standard InChI is InChI=1S/C24H29N3O4/c1-30-23(28)17-9-10-21-19(14-17)22-18(20(26-21)8-5-12-25)11-13-27(22)24(29)31-15-16-6-3-2-4-7-16/h2-4,6-7,9-10,14,18,20,22,26H,5,8,11-13,15,25H2,1H3/t18-,20-,22-/m0/s1. The highest BCUT2D eigenvalue weighted by molar-refractivity contribution is 5.90. The van der Waals surface area contributed by atoms with E-state index >= 15 is 0 Å². The van der Waals surface area contributed by atoms with Crippen molar-refractivity contribution in [1.29, 1.82) is 0 Å². The minimum atomic E-state index is -0.388. The molecular weight excluding hydrogens is 394 g/mol. The molecule has 3 N–H and O–H groups in total. The van der Waals surface area contributed by atoms with Crippen molar-refractivity contribution in [3.8, 4) is 0 Å². The molecule has 2 aliphatic heterocycles. The van der Waals surface area contributed by atoms with Crippen molar-refractivity contribution in [1.82, 2.24) is 4.90 Å². The molecule has 1 fully saturated rings. The second-order valence-electron chi connectivity index (χ2n) is 8.11. The first-order valence-electron chi connectivity index (χ1n) is 10.8. The molecule has 2 aromatic carbocycles. The summed E-state index contributed by atoms with van der Waals surface area (Å²) in [5.41, 5.74) is 9.06. The number of nitrogens with zero attached hydrogens (tertiary/aromatic N) is 1. The Kier molecular flexibility index (Phi) is 6.42. The average molecular weight is 424 g/mol. The molecule has 164 valence electrons. The van der Waals surface area contributed by atoms with Crippen LogP contribution in [-0.4, -0.2) is 43.2 Å². The number of nitrogens with two attached hydrogens (primary N) is 1. The van der Waals surface area contributed by atoms with Gasteiger partial charge in [0.15, 0.2) is 0 Å². The third kappa shape index (κ3) is 4.37. The lowest BCUT2D eigenvalue weighted by Gasteiger charge is -2.39. The molecule has 0 spiro atoms. The highest BCUT2D eigenvalue weighted by Gasteiger charge is 2.46. The van der Waals surface area contributed by atoms with Crippen LogP contribution in [0.4, 0.5) is 10.5 Å². The third-order valence-corrected chi connectivity index (χ3v) is 6.25. The maximum absolute atomic E-state index is 13.1. The Hall–Kier alpha value is -3.06. The van der Waals surface area contributed by atoms with Gasteiger partial charge < -0.3 is 25.4 Å². The summed E-state index contributed by atoms with van der Waals surface area (Å²) >= 11 is 0. The van der Waals surface area contributed by atoms with Crippen LogP contribution in [0.2, 0.25) is 0 Å². The van der Waals surface area contributed by atoms with Gasteiger partial charge >= 0.3 is 12.1 Å². The Labute approximate surface area is 182 Å². The van der Waals surface area contributed by atoms with E-state index in [4.69, 9.17) is 15.2 Å². The van der Waals surface area contributed by atoms with Crippen molar-refractivity contribution in [2.24, 2.45) is 11.7 Å². The number of rotatable bonds is 6. The molecule has 7 heteroatoms. The van der Waals surface area contributed by atoms with Gasteiger partial charge in [-0.3, -0.25) is 0 Å². The average Bonchev–Trinajstić information content (AvgIpc) is 3.26. The van der Waals surface area contributed by atoms with Crippen molar-refractivity contribution in [2.45, 2.75) is 38.0 Å².